The molecule has 20 heavy (non-hydrogen) atoms. The van der Waals surface area contributed by atoms with E-state index < -0.39 is 0 Å². The molecular formula is C15H15N3O2. The molecule has 3 rings (SSSR count). The zero-order valence-electron chi connectivity index (χ0n) is 11.3. The average molecular weight is 269 g/mol. The maximum atomic E-state index is 5.72. The van der Waals surface area contributed by atoms with Crippen LogP contribution in [0.25, 0.3) is 11.4 Å². The Labute approximate surface area is 116 Å². The summed E-state index contributed by atoms with van der Waals surface area (Å²) < 4.78 is 10.4. The van der Waals surface area contributed by atoms with E-state index in [-0.39, 0.29) is 5.41 Å². The summed E-state index contributed by atoms with van der Waals surface area (Å²) in [5.41, 5.74) is 7.92. The van der Waals surface area contributed by atoms with E-state index in [2.05, 4.69) is 10.1 Å². The minimum Gasteiger partial charge on any atom is -0.472 e. The van der Waals surface area contributed by atoms with Crippen LogP contribution in [0.2, 0.25) is 0 Å². The van der Waals surface area contributed by atoms with Gasteiger partial charge in [-0.15, -0.1) is 0 Å². The predicted molar refractivity (Wildman–Crippen MR) is 75.0 cm³/mol. The Bertz CT molecular complexity index is 697. The van der Waals surface area contributed by atoms with Crippen molar-refractivity contribution in [2.24, 2.45) is 0 Å². The lowest BCUT2D eigenvalue weighted by Crippen LogP contribution is -2.19. The monoisotopic (exact) mass is 269 g/mol. The van der Waals surface area contributed by atoms with E-state index in [0.29, 0.717) is 11.7 Å². The third-order valence-electron chi connectivity index (χ3n) is 3.37. The Balaban J connectivity index is 1.97. The highest BCUT2D eigenvalue weighted by Crippen LogP contribution is 2.31. The number of nitrogen functional groups attached to an aromatic ring is 1. The van der Waals surface area contributed by atoms with Gasteiger partial charge >= 0.3 is 0 Å². The molecule has 0 spiro atoms. The maximum absolute atomic E-state index is 5.72. The van der Waals surface area contributed by atoms with Crippen LogP contribution in [0.3, 0.4) is 0 Å². The third-order valence-corrected chi connectivity index (χ3v) is 3.37. The van der Waals surface area contributed by atoms with E-state index in [1.165, 1.54) is 0 Å². The number of aromatic nitrogens is 2. The first kappa shape index (κ1) is 12.5. The molecule has 2 heterocycles. The number of nitrogens with two attached hydrogens (primary N) is 1. The molecule has 2 N–H and O–H groups in total. The Kier molecular flexibility index (Phi) is 2.82. The fourth-order valence-electron chi connectivity index (χ4n) is 2.01. The van der Waals surface area contributed by atoms with Crippen molar-refractivity contribution in [2.75, 3.05) is 5.73 Å². The van der Waals surface area contributed by atoms with E-state index in [0.717, 1.165) is 16.8 Å². The first-order chi connectivity index (χ1) is 9.57. The molecule has 0 bridgehead atoms. The molecule has 0 saturated heterocycles. The third kappa shape index (κ3) is 2.07. The molecule has 0 aliphatic heterocycles. The summed E-state index contributed by atoms with van der Waals surface area (Å²) in [6.07, 6.45) is 3.17. The van der Waals surface area contributed by atoms with Crippen molar-refractivity contribution in [3.63, 3.8) is 0 Å². The molecular weight excluding hydrogens is 254 g/mol. The number of nitrogens with zero attached hydrogens (tertiary/aromatic N) is 2. The van der Waals surface area contributed by atoms with Crippen LogP contribution in [0.15, 0.2) is 51.8 Å². The summed E-state index contributed by atoms with van der Waals surface area (Å²) in [4.78, 5) is 4.45. The first-order valence-corrected chi connectivity index (χ1v) is 6.30. The molecule has 3 aromatic rings. The molecule has 2 aromatic heterocycles. The van der Waals surface area contributed by atoms with Gasteiger partial charge < -0.3 is 14.7 Å². The number of hydrogen-bond donors (Lipinski definition) is 1. The van der Waals surface area contributed by atoms with Crippen LogP contribution in [-0.4, -0.2) is 10.1 Å². The molecule has 0 fully saturated rings. The maximum Gasteiger partial charge on any atom is 0.237 e. The molecule has 0 aliphatic rings. The summed E-state index contributed by atoms with van der Waals surface area (Å²) in [6, 6.07) is 9.47. The van der Waals surface area contributed by atoms with Crippen LogP contribution >= 0.6 is 0 Å². The SMILES string of the molecule is CC(C)(c1ccc(N)cc1)c1nc(-c2ccoc2)no1. The zero-order valence-corrected chi connectivity index (χ0v) is 11.3. The van der Waals surface area contributed by atoms with Gasteiger partial charge in [-0.25, -0.2) is 0 Å². The Hall–Kier alpha value is -2.56. The van der Waals surface area contributed by atoms with E-state index in [1.54, 1.807) is 18.6 Å². The van der Waals surface area contributed by atoms with E-state index in [9.17, 15) is 0 Å². The number of hydrogen-bond acceptors (Lipinski definition) is 5. The van der Waals surface area contributed by atoms with Crippen molar-refractivity contribution in [1.82, 2.24) is 10.1 Å². The van der Waals surface area contributed by atoms with E-state index >= 15 is 0 Å². The van der Waals surface area contributed by atoms with Crippen molar-refractivity contribution in [2.45, 2.75) is 19.3 Å². The summed E-state index contributed by atoms with van der Waals surface area (Å²) >= 11 is 0. The number of anilines is 1. The summed E-state index contributed by atoms with van der Waals surface area (Å²) in [6.45, 7) is 4.07. The molecule has 0 radical (unpaired) electrons. The van der Waals surface area contributed by atoms with Crippen LogP contribution in [0.1, 0.15) is 25.3 Å². The largest absolute Gasteiger partial charge is 0.472 e. The molecule has 0 unspecified atom stereocenters. The van der Waals surface area contributed by atoms with Gasteiger partial charge in [-0.3, -0.25) is 0 Å². The Morgan fingerprint density at radius 1 is 1.10 bits per heavy atom. The fraction of sp³-hybridized carbons (Fsp3) is 0.200. The summed E-state index contributed by atoms with van der Waals surface area (Å²) in [5, 5.41) is 4.00. The van der Waals surface area contributed by atoms with Crippen molar-refractivity contribution in [1.29, 1.82) is 0 Å². The Morgan fingerprint density at radius 2 is 1.85 bits per heavy atom. The van der Waals surface area contributed by atoms with Gasteiger partial charge in [0.05, 0.1) is 17.2 Å². The standard InChI is InChI=1S/C15H15N3O2/c1-15(2,11-3-5-12(16)6-4-11)14-17-13(18-20-14)10-7-8-19-9-10/h3-9H,16H2,1-2H3. The predicted octanol–water partition coefficient (Wildman–Crippen LogP) is 3.24. The molecule has 0 amide bonds. The highest BCUT2D eigenvalue weighted by molar-refractivity contribution is 5.52. The zero-order chi connectivity index (χ0) is 14.2. The van der Waals surface area contributed by atoms with E-state index in [1.807, 2.05) is 38.1 Å². The van der Waals surface area contributed by atoms with Gasteiger partial charge in [-0.05, 0) is 37.6 Å². The first-order valence-electron chi connectivity index (χ1n) is 6.30. The number of benzene rings is 1. The van der Waals surface area contributed by atoms with Crippen LogP contribution in [0.4, 0.5) is 5.69 Å². The molecule has 1 aromatic carbocycles. The van der Waals surface area contributed by atoms with Crippen LogP contribution in [0, 0.1) is 0 Å². The van der Waals surface area contributed by atoms with Gasteiger partial charge in [-0.1, -0.05) is 17.3 Å². The van der Waals surface area contributed by atoms with Crippen molar-refractivity contribution < 1.29 is 8.94 Å². The minimum absolute atomic E-state index is 0.386. The molecule has 102 valence electrons. The van der Waals surface area contributed by atoms with Crippen LogP contribution < -0.4 is 5.73 Å². The van der Waals surface area contributed by atoms with Crippen LogP contribution in [-0.2, 0) is 5.41 Å². The second-order valence-corrected chi connectivity index (χ2v) is 5.18. The smallest absolute Gasteiger partial charge is 0.237 e. The lowest BCUT2D eigenvalue weighted by molar-refractivity contribution is 0.333. The normalized spacial score (nSPS) is 11.7. The summed E-state index contributed by atoms with van der Waals surface area (Å²) in [7, 11) is 0. The van der Waals surface area contributed by atoms with Crippen LogP contribution in [0.5, 0.6) is 0 Å². The van der Waals surface area contributed by atoms with Gasteiger partial charge in [0, 0.05) is 5.69 Å². The lowest BCUT2D eigenvalue weighted by atomic mass is 9.84. The van der Waals surface area contributed by atoms with Gasteiger partial charge in [-0.2, -0.15) is 4.98 Å². The van der Waals surface area contributed by atoms with Crippen molar-refractivity contribution in [3.05, 3.63) is 54.3 Å². The van der Waals surface area contributed by atoms with Gasteiger partial charge in [0.25, 0.3) is 0 Å². The molecule has 5 heteroatoms. The highest BCUT2D eigenvalue weighted by atomic mass is 16.5. The van der Waals surface area contributed by atoms with Gasteiger partial charge in [0.15, 0.2) is 0 Å². The quantitative estimate of drug-likeness (QED) is 0.738. The average Bonchev–Trinajstić information content (AvgIpc) is 3.10. The number of furan rings is 1. The number of rotatable bonds is 3. The lowest BCUT2D eigenvalue weighted by Gasteiger charge is -2.20. The molecule has 5 nitrogen and oxygen atoms in total. The fourth-order valence-corrected chi connectivity index (χ4v) is 2.01. The topological polar surface area (TPSA) is 78.1 Å². The molecule has 0 atom stereocenters. The summed E-state index contributed by atoms with van der Waals surface area (Å²) in [5.74, 6) is 1.08. The van der Waals surface area contributed by atoms with Gasteiger partial charge in [0.1, 0.15) is 6.26 Å². The second kappa shape index (κ2) is 4.52. The molecule has 0 saturated carbocycles. The Morgan fingerprint density at radius 3 is 2.50 bits per heavy atom. The highest BCUT2D eigenvalue weighted by Gasteiger charge is 2.30. The van der Waals surface area contributed by atoms with Gasteiger partial charge in [0.2, 0.25) is 11.7 Å². The van der Waals surface area contributed by atoms with Crippen molar-refractivity contribution in [3.8, 4) is 11.4 Å². The minimum atomic E-state index is -0.386. The van der Waals surface area contributed by atoms with E-state index in [4.69, 9.17) is 14.7 Å². The second-order valence-electron chi connectivity index (χ2n) is 5.18. The van der Waals surface area contributed by atoms with Crippen molar-refractivity contribution >= 4 is 5.69 Å². The molecule has 0 aliphatic carbocycles.